The number of carboxylic acids is 1. The maximum Gasteiger partial charge on any atom is 0.309 e. The van der Waals surface area contributed by atoms with Crippen LogP contribution in [0, 0.1) is 16.7 Å². The molecular formula is C16H24O4. The third kappa shape index (κ3) is 1.47. The molecule has 0 bridgehead atoms. The summed E-state index contributed by atoms with van der Waals surface area (Å²) in [6.07, 6.45) is 8.23. The first-order chi connectivity index (χ1) is 9.35. The van der Waals surface area contributed by atoms with Crippen LogP contribution in [0.1, 0.15) is 65.2 Å². The molecule has 0 spiro atoms. The molecule has 0 aromatic heterocycles. The molecule has 1 unspecified atom stereocenters. The molecule has 0 radical (unpaired) electrons. The molecule has 0 aromatic rings. The van der Waals surface area contributed by atoms with E-state index in [-0.39, 0.29) is 5.41 Å². The molecule has 4 aliphatic rings. The molecule has 0 amide bonds. The van der Waals surface area contributed by atoms with E-state index in [4.69, 9.17) is 9.47 Å². The highest BCUT2D eigenvalue weighted by Crippen LogP contribution is 2.83. The van der Waals surface area contributed by atoms with Crippen LogP contribution in [0.5, 0.6) is 0 Å². The Morgan fingerprint density at radius 2 is 1.80 bits per heavy atom. The highest BCUT2D eigenvalue weighted by molar-refractivity contribution is 5.76. The van der Waals surface area contributed by atoms with Gasteiger partial charge in [-0.25, -0.2) is 0 Å². The van der Waals surface area contributed by atoms with Crippen molar-refractivity contribution in [1.29, 1.82) is 0 Å². The van der Waals surface area contributed by atoms with Crippen molar-refractivity contribution in [2.75, 3.05) is 0 Å². The van der Waals surface area contributed by atoms with Crippen molar-refractivity contribution in [2.45, 2.75) is 76.8 Å². The number of epoxide rings is 2. The smallest absolute Gasteiger partial charge is 0.309 e. The molecule has 1 N–H and O–H groups in total. The van der Waals surface area contributed by atoms with Gasteiger partial charge in [-0.05, 0) is 18.8 Å². The zero-order valence-electron chi connectivity index (χ0n) is 12.4. The van der Waals surface area contributed by atoms with Gasteiger partial charge in [0, 0.05) is 11.8 Å². The molecule has 2 saturated carbocycles. The Labute approximate surface area is 119 Å². The fourth-order valence-corrected chi connectivity index (χ4v) is 5.20. The highest BCUT2D eigenvalue weighted by Gasteiger charge is 2.98. The fraction of sp³-hybridized carbons (Fsp3) is 0.938. The topological polar surface area (TPSA) is 62.4 Å². The van der Waals surface area contributed by atoms with Gasteiger partial charge in [-0.1, -0.05) is 46.0 Å². The highest BCUT2D eigenvalue weighted by atomic mass is 17.0. The van der Waals surface area contributed by atoms with E-state index in [0.29, 0.717) is 18.8 Å². The zero-order chi connectivity index (χ0) is 14.2. The summed E-state index contributed by atoms with van der Waals surface area (Å²) in [6.45, 7) is 4.19. The van der Waals surface area contributed by atoms with Crippen molar-refractivity contribution < 1.29 is 19.4 Å². The monoisotopic (exact) mass is 280 g/mol. The number of carbonyl (C=O) groups is 1. The first kappa shape index (κ1) is 13.1. The Bertz CT molecular complexity index is 457. The van der Waals surface area contributed by atoms with E-state index in [9.17, 15) is 9.90 Å². The lowest BCUT2D eigenvalue weighted by Gasteiger charge is -2.40. The molecule has 20 heavy (non-hydrogen) atoms. The number of carboxylic acid groups (broad SMARTS) is 1. The SMILES string of the molecule is CC1(C)CC(CC2CCCCC2)(C(=O)O)CC23OC12O3. The maximum atomic E-state index is 12.0. The third-order valence-electron chi connectivity index (χ3n) is 6.14. The summed E-state index contributed by atoms with van der Waals surface area (Å²) >= 11 is 0. The first-order valence-electron chi connectivity index (χ1n) is 7.99. The van der Waals surface area contributed by atoms with E-state index in [1.807, 2.05) is 0 Å². The molecule has 4 fully saturated rings. The molecule has 2 aliphatic heterocycles. The molecule has 4 heteroatoms. The Morgan fingerprint density at radius 1 is 1.15 bits per heavy atom. The summed E-state index contributed by atoms with van der Waals surface area (Å²) in [5.74, 6) is -1.06. The van der Waals surface area contributed by atoms with Crippen LogP contribution in [-0.2, 0) is 14.3 Å². The normalized spacial score (nSPS) is 49.1. The second kappa shape index (κ2) is 3.58. The molecular weight excluding hydrogens is 256 g/mol. The fourth-order valence-electron chi connectivity index (χ4n) is 5.20. The van der Waals surface area contributed by atoms with E-state index >= 15 is 0 Å². The van der Waals surface area contributed by atoms with Crippen LogP contribution >= 0.6 is 0 Å². The summed E-state index contributed by atoms with van der Waals surface area (Å²) in [6, 6.07) is 0. The van der Waals surface area contributed by atoms with Crippen molar-refractivity contribution in [3.8, 4) is 0 Å². The molecule has 0 aromatic carbocycles. The lowest BCUT2D eigenvalue weighted by molar-refractivity contribution is -0.155. The van der Waals surface area contributed by atoms with E-state index in [2.05, 4.69) is 13.8 Å². The van der Waals surface area contributed by atoms with Crippen LogP contribution in [0.4, 0.5) is 0 Å². The summed E-state index contributed by atoms with van der Waals surface area (Å²) < 4.78 is 11.5. The van der Waals surface area contributed by atoms with Crippen LogP contribution in [0.2, 0.25) is 0 Å². The second-order valence-electron chi connectivity index (χ2n) is 8.10. The Kier molecular flexibility index (Phi) is 2.34. The molecule has 4 rings (SSSR count). The van der Waals surface area contributed by atoms with Crippen LogP contribution in [0.25, 0.3) is 0 Å². The number of hydrogen-bond acceptors (Lipinski definition) is 3. The van der Waals surface area contributed by atoms with Crippen LogP contribution in [0.15, 0.2) is 0 Å². The predicted octanol–water partition coefficient (Wildman–Crippen LogP) is 3.30. The van der Waals surface area contributed by atoms with Crippen molar-refractivity contribution in [1.82, 2.24) is 0 Å². The van der Waals surface area contributed by atoms with Crippen molar-refractivity contribution in [3.63, 3.8) is 0 Å². The van der Waals surface area contributed by atoms with Gasteiger partial charge >= 0.3 is 5.97 Å². The molecule has 2 heterocycles. The number of aliphatic carboxylic acids is 1. The standard InChI is InChI=1S/C16H24O4/c1-13(2)9-14(12(17)18,8-11-6-4-3-5-7-11)10-15-16(13,19-15)20-15/h11H,3-10H2,1-2H3,(H,17,18). The lowest BCUT2D eigenvalue weighted by atomic mass is 9.60. The van der Waals surface area contributed by atoms with Crippen LogP contribution in [0.3, 0.4) is 0 Å². The summed E-state index contributed by atoms with van der Waals surface area (Å²) in [5, 5.41) is 9.91. The van der Waals surface area contributed by atoms with Crippen molar-refractivity contribution >= 4 is 5.97 Å². The largest absolute Gasteiger partial charge is 0.481 e. The maximum absolute atomic E-state index is 12.0. The van der Waals surface area contributed by atoms with Gasteiger partial charge in [0.05, 0.1) is 5.41 Å². The molecule has 2 aliphatic carbocycles. The Balaban J connectivity index is 1.59. The van der Waals surface area contributed by atoms with E-state index in [1.54, 1.807) is 0 Å². The summed E-state index contributed by atoms with van der Waals surface area (Å²) in [5.41, 5.74) is -0.847. The molecule has 2 saturated heterocycles. The van der Waals surface area contributed by atoms with E-state index in [0.717, 1.165) is 6.42 Å². The van der Waals surface area contributed by atoms with Gasteiger partial charge in [-0.15, -0.1) is 0 Å². The van der Waals surface area contributed by atoms with Gasteiger partial charge in [-0.2, -0.15) is 0 Å². The minimum atomic E-state index is -0.651. The lowest BCUT2D eigenvalue weighted by Crippen LogP contribution is -2.45. The average Bonchev–Trinajstić information content (AvgIpc) is 3.16. The number of hydrogen-bond donors (Lipinski definition) is 1. The van der Waals surface area contributed by atoms with Crippen LogP contribution < -0.4 is 0 Å². The van der Waals surface area contributed by atoms with Gasteiger partial charge in [-0.3, -0.25) is 4.79 Å². The first-order valence-corrected chi connectivity index (χ1v) is 7.99. The van der Waals surface area contributed by atoms with E-state index < -0.39 is 23.0 Å². The molecule has 1 atom stereocenters. The predicted molar refractivity (Wildman–Crippen MR) is 71.9 cm³/mol. The third-order valence-corrected chi connectivity index (χ3v) is 6.14. The van der Waals surface area contributed by atoms with Crippen molar-refractivity contribution in [3.05, 3.63) is 0 Å². The quantitative estimate of drug-likeness (QED) is 0.806. The minimum absolute atomic E-state index is 0.196. The van der Waals surface area contributed by atoms with Crippen molar-refractivity contribution in [2.24, 2.45) is 16.7 Å². The van der Waals surface area contributed by atoms with E-state index in [1.165, 1.54) is 32.1 Å². The Morgan fingerprint density at radius 3 is 2.35 bits per heavy atom. The van der Waals surface area contributed by atoms with Gasteiger partial charge in [0.25, 0.3) is 0 Å². The Hall–Kier alpha value is -0.610. The number of ether oxygens (including phenoxy) is 2. The van der Waals surface area contributed by atoms with Gasteiger partial charge in [0.2, 0.25) is 11.6 Å². The number of rotatable bonds is 3. The summed E-state index contributed by atoms with van der Waals surface area (Å²) in [7, 11) is 0. The van der Waals surface area contributed by atoms with Gasteiger partial charge in [0.15, 0.2) is 0 Å². The van der Waals surface area contributed by atoms with Crippen LogP contribution in [-0.4, -0.2) is 22.7 Å². The van der Waals surface area contributed by atoms with Gasteiger partial charge < -0.3 is 14.6 Å². The zero-order valence-corrected chi connectivity index (χ0v) is 12.4. The average molecular weight is 280 g/mol. The van der Waals surface area contributed by atoms with Gasteiger partial charge in [0.1, 0.15) is 0 Å². The molecule has 4 nitrogen and oxygen atoms in total. The summed E-state index contributed by atoms with van der Waals surface area (Å²) in [4.78, 5) is 12.0. The second-order valence-corrected chi connectivity index (χ2v) is 8.10. The molecule has 112 valence electrons. The minimum Gasteiger partial charge on any atom is -0.481 e.